The fourth-order valence-corrected chi connectivity index (χ4v) is 2.51. The van der Waals surface area contributed by atoms with Gasteiger partial charge in [0.05, 0.1) is 15.9 Å². The van der Waals surface area contributed by atoms with Gasteiger partial charge in [-0.1, -0.05) is 0 Å². The first-order valence-electron chi connectivity index (χ1n) is 5.66. The monoisotopic (exact) mass is 267 g/mol. The van der Waals surface area contributed by atoms with E-state index < -0.39 is 0 Å². The van der Waals surface area contributed by atoms with Crippen molar-refractivity contribution in [3.63, 3.8) is 0 Å². The minimum Gasteiger partial charge on any atom is -0.455 e. The fourth-order valence-electron chi connectivity index (χ4n) is 1.72. The van der Waals surface area contributed by atoms with Gasteiger partial charge in [-0.15, -0.1) is 11.3 Å². The van der Waals surface area contributed by atoms with Crippen LogP contribution in [0.3, 0.4) is 0 Å². The number of fused-ring (bicyclic) bond motifs is 1. The Kier molecular flexibility index (Phi) is 2.86. The molecule has 0 amide bonds. The first kappa shape index (κ1) is 11.6. The molecule has 0 N–H and O–H groups in total. The SMILES string of the molecule is Cc1ncccc1Oc1ccc2nc(C#N)sc2c1. The number of aromatic nitrogens is 2. The van der Waals surface area contributed by atoms with Crippen molar-refractivity contribution in [2.75, 3.05) is 0 Å². The molecule has 5 heteroatoms. The van der Waals surface area contributed by atoms with Crippen molar-refractivity contribution in [1.82, 2.24) is 9.97 Å². The summed E-state index contributed by atoms with van der Waals surface area (Å²) in [5, 5.41) is 9.30. The van der Waals surface area contributed by atoms with Crippen LogP contribution in [0.4, 0.5) is 0 Å². The number of pyridine rings is 1. The van der Waals surface area contributed by atoms with Crippen LogP contribution < -0.4 is 4.74 Å². The van der Waals surface area contributed by atoms with E-state index in [2.05, 4.69) is 16.0 Å². The smallest absolute Gasteiger partial charge is 0.195 e. The molecule has 19 heavy (non-hydrogen) atoms. The van der Waals surface area contributed by atoms with Crippen LogP contribution in [-0.2, 0) is 0 Å². The van der Waals surface area contributed by atoms with Gasteiger partial charge in [0.2, 0.25) is 0 Å². The highest BCUT2D eigenvalue weighted by molar-refractivity contribution is 7.19. The van der Waals surface area contributed by atoms with Crippen LogP contribution in [0.15, 0.2) is 36.5 Å². The van der Waals surface area contributed by atoms with Gasteiger partial charge < -0.3 is 4.74 Å². The van der Waals surface area contributed by atoms with Crippen molar-refractivity contribution < 1.29 is 4.74 Å². The number of hydrogen-bond acceptors (Lipinski definition) is 5. The van der Waals surface area contributed by atoms with Gasteiger partial charge >= 0.3 is 0 Å². The molecule has 3 rings (SSSR count). The molecular weight excluding hydrogens is 258 g/mol. The molecule has 4 nitrogen and oxygen atoms in total. The number of aryl methyl sites for hydroxylation is 1. The van der Waals surface area contributed by atoms with Crippen LogP contribution >= 0.6 is 11.3 Å². The van der Waals surface area contributed by atoms with Gasteiger partial charge in [0, 0.05) is 12.3 Å². The molecule has 92 valence electrons. The topological polar surface area (TPSA) is 58.8 Å². The maximum atomic E-state index is 8.84. The van der Waals surface area contributed by atoms with Crippen molar-refractivity contribution >= 4 is 21.6 Å². The van der Waals surface area contributed by atoms with Crippen molar-refractivity contribution in [2.24, 2.45) is 0 Å². The molecule has 0 aliphatic heterocycles. The van der Waals surface area contributed by atoms with E-state index in [0.29, 0.717) is 5.01 Å². The molecule has 0 saturated carbocycles. The zero-order chi connectivity index (χ0) is 13.2. The highest BCUT2D eigenvalue weighted by Gasteiger charge is 2.06. The van der Waals surface area contributed by atoms with Crippen molar-refractivity contribution in [1.29, 1.82) is 5.26 Å². The molecule has 0 fully saturated rings. The molecule has 0 bridgehead atoms. The van der Waals surface area contributed by atoms with Crippen LogP contribution in [0.2, 0.25) is 0 Å². The predicted molar refractivity (Wildman–Crippen MR) is 73.4 cm³/mol. The summed E-state index contributed by atoms with van der Waals surface area (Å²) in [5.41, 5.74) is 1.65. The summed E-state index contributed by atoms with van der Waals surface area (Å²) in [7, 11) is 0. The van der Waals surface area contributed by atoms with E-state index in [1.165, 1.54) is 11.3 Å². The van der Waals surface area contributed by atoms with E-state index in [0.717, 1.165) is 27.4 Å². The van der Waals surface area contributed by atoms with Crippen molar-refractivity contribution in [3.05, 3.63) is 47.2 Å². The molecule has 2 aromatic heterocycles. The minimum absolute atomic E-state index is 0.463. The Balaban J connectivity index is 1.98. The Morgan fingerprint density at radius 2 is 2.21 bits per heavy atom. The first-order chi connectivity index (χ1) is 9.26. The molecule has 3 aromatic rings. The standard InChI is InChI=1S/C14H9N3OS/c1-9-12(3-2-6-16-9)18-10-4-5-11-13(7-10)19-14(8-15)17-11/h2-7H,1H3. The van der Waals surface area contributed by atoms with E-state index in [1.54, 1.807) is 6.20 Å². The third kappa shape index (κ3) is 2.26. The Labute approximate surface area is 113 Å². The summed E-state index contributed by atoms with van der Waals surface area (Å²) in [4.78, 5) is 8.36. The number of rotatable bonds is 2. The molecule has 0 saturated heterocycles. The number of hydrogen-bond donors (Lipinski definition) is 0. The molecule has 0 unspecified atom stereocenters. The number of benzene rings is 1. The number of nitrogens with zero attached hydrogens (tertiary/aromatic N) is 3. The number of ether oxygens (including phenoxy) is 1. The third-order valence-electron chi connectivity index (χ3n) is 2.64. The molecule has 0 atom stereocenters. The van der Waals surface area contributed by atoms with Gasteiger partial charge in [0.15, 0.2) is 5.01 Å². The summed E-state index contributed by atoms with van der Waals surface area (Å²) in [6.07, 6.45) is 1.73. The molecule has 2 heterocycles. The largest absolute Gasteiger partial charge is 0.455 e. The van der Waals surface area contributed by atoms with Gasteiger partial charge in [-0.2, -0.15) is 5.26 Å². The molecule has 0 spiro atoms. The Morgan fingerprint density at radius 3 is 3.00 bits per heavy atom. The second-order valence-corrected chi connectivity index (χ2v) is 4.98. The summed E-state index contributed by atoms with van der Waals surface area (Å²) in [5.74, 6) is 1.45. The molecular formula is C14H9N3OS. The van der Waals surface area contributed by atoms with Crippen LogP contribution in [-0.4, -0.2) is 9.97 Å². The number of nitriles is 1. The lowest BCUT2D eigenvalue weighted by atomic mass is 10.3. The van der Waals surface area contributed by atoms with Crippen LogP contribution in [0.5, 0.6) is 11.5 Å². The van der Waals surface area contributed by atoms with E-state index in [4.69, 9.17) is 10.00 Å². The summed E-state index contributed by atoms with van der Waals surface area (Å²) in [6, 6.07) is 11.3. The Hall–Kier alpha value is -2.45. The summed E-state index contributed by atoms with van der Waals surface area (Å²) < 4.78 is 6.73. The molecule has 0 radical (unpaired) electrons. The lowest BCUT2D eigenvalue weighted by Crippen LogP contribution is -1.89. The van der Waals surface area contributed by atoms with E-state index in [1.807, 2.05) is 37.3 Å². The first-order valence-corrected chi connectivity index (χ1v) is 6.48. The fraction of sp³-hybridized carbons (Fsp3) is 0.0714. The Morgan fingerprint density at radius 1 is 1.32 bits per heavy atom. The molecule has 0 aliphatic rings. The van der Waals surface area contributed by atoms with Gasteiger partial charge in [-0.3, -0.25) is 4.98 Å². The second kappa shape index (κ2) is 4.67. The summed E-state index contributed by atoms with van der Waals surface area (Å²) in [6.45, 7) is 1.90. The quantitative estimate of drug-likeness (QED) is 0.711. The van der Waals surface area contributed by atoms with E-state index >= 15 is 0 Å². The lowest BCUT2D eigenvalue weighted by molar-refractivity contribution is 0.476. The summed E-state index contributed by atoms with van der Waals surface area (Å²) >= 11 is 1.36. The van der Waals surface area contributed by atoms with Crippen molar-refractivity contribution in [3.8, 4) is 17.6 Å². The normalized spacial score (nSPS) is 10.3. The maximum absolute atomic E-state index is 8.84. The highest BCUT2D eigenvalue weighted by atomic mass is 32.1. The van der Waals surface area contributed by atoms with Gasteiger partial charge in [0.25, 0.3) is 0 Å². The van der Waals surface area contributed by atoms with Crippen LogP contribution in [0, 0.1) is 18.3 Å². The zero-order valence-corrected chi connectivity index (χ0v) is 10.9. The predicted octanol–water partition coefficient (Wildman–Crippen LogP) is 3.66. The third-order valence-corrected chi connectivity index (χ3v) is 3.56. The van der Waals surface area contributed by atoms with Crippen LogP contribution in [0.1, 0.15) is 10.7 Å². The Bertz CT molecular complexity index is 789. The lowest BCUT2D eigenvalue weighted by Gasteiger charge is -2.07. The second-order valence-electron chi connectivity index (χ2n) is 3.95. The van der Waals surface area contributed by atoms with Gasteiger partial charge in [-0.25, -0.2) is 4.98 Å². The van der Waals surface area contributed by atoms with Gasteiger partial charge in [-0.05, 0) is 31.2 Å². The van der Waals surface area contributed by atoms with E-state index in [-0.39, 0.29) is 0 Å². The van der Waals surface area contributed by atoms with Gasteiger partial charge in [0.1, 0.15) is 17.6 Å². The highest BCUT2D eigenvalue weighted by Crippen LogP contribution is 2.29. The maximum Gasteiger partial charge on any atom is 0.195 e. The average Bonchev–Trinajstić information content (AvgIpc) is 2.83. The minimum atomic E-state index is 0.463. The number of thiazole rings is 1. The van der Waals surface area contributed by atoms with Crippen LogP contribution in [0.25, 0.3) is 10.2 Å². The van der Waals surface area contributed by atoms with Crippen molar-refractivity contribution in [2.45, 2.75) is 6.92 Å². The average molecular weight is 267 g/mol. The molecule has 1 aromatic carbocycles. The molecule has 0 aliphatic carbocycles. The van der Waals surface area contributed by atoms with E-state index in [9.17, 15) is 0 Å². The zero-order valence-electron chi connectivity index (χ0n) is 10.1.